The van der Waals surface area contributed by atoms with Gasteiger partial charge in [-0.15, -0.1) is 0 Å². The molecule has 26 heteroatoms. The Balaban J connectivity index is 0.000000134. The molecule has 0 amide bonds. The zero-order valence-electron chi connectivity index (χ0n) is 63.8. The number of ether oxygens (including phenoxy) is 1. The zero-order chi connectivity index (χ0) is 79.2. The highest BCUT2D eigenvalue weighted by Crippen LogP contribution is 2.29. The summed E-state index contributed by atoms with van der Waals surface area (Å²) in [6.45, 7) is 10.2. The summed E-state index contributed by atoms with van der Waals surface area (Å²) >= 11 is 0. The second kappa shape index (κ2) is 39.4. The molecule has 0 radical (unpaired) electrons. The van der Waals surface area contributed by atoms with Crippen LogP contribution in [-0.4, -0.2) is 71.9 Å². The number of aromatic nitrogens is 13. The minimum absolute atomic E-state index is 0.389. The van der Waals surface area contributed by atoms with Gasteiger partial charge in [0.05, 0.1) is 7.11 Å². The molecule has 12 N–H and O–H groups in total. The predicted octanol–water partition coefficient (Wildman–Crippen LogP) is 21.4. The molecule has 0 aliphatic rings. The first kappa shape index (κ1) is 77.2. The van der Waals surface area contributed by atoms with E-state index in [9.17, 15) is 0 Å². The van der Waals surface area contributed by atoms with E-state index >= 15 is 0 Å². The third kappa shape index (κ3) is 24.8. The summed E-state index contributed by atoms with van der Waals surface area (Å²) in [5.74, 6) is 6.64. The lowest BCUT2D eigenvalue weighted by molar-refractivity contribution is 0.415. The van der Waals surface area contributed by atoms with E-state index in [1.54, 1.807) is 13.3 Å². The summed E-state index contributed by atoms with van der Waals surface area (Å²) in [7, 11) is 1.63. The van der Waals surface area contributed by atoms with Gasteiger partial charge in [-0.1, -0.05) is 181 Å². The maximum absolute atomic E-state index is 5.28. The van der Waals surface area contributed by atoms with Gasteiger partial charge in [0.2, 0.25) is 71.4 Å². The third-order valence-electron chi connectivity index (χ3n) is 16.5. The van der Waals surface area contributed by atoms with Crippen molar-refractivity contribution >= 4 is 140 Å². The Kier molecular flexibility index (Phi) is 26.4. The van der Waals surface area contributed by atoms with Crippen LogP contribution in [0.2, 0.25) is 0 Å². The molecule has 0 unspecified atom stereocenters. The van der Waals surface area contributed by atoms with Gasteiger partial charge in [0.25, 0.3) is 0 Å². The average molecular weight is 1520 g/mol. The fourth-order valence-corrected chi connectivity index (χ4v) is 10.9. The largest absolute Gasteiger partial charge is 0.497 e. The molecule has 11 aromatic carbocycles. The molecule has 0 aliphatic heterocycles. The van der Waals surface area contributed by atoms with Gasteiger partial charge in [0.15, 0.2) is 0 Å². The molecule has 5 aromatic heterocycles. The van der Waals surface area contributed by atoms with E-state index in [1.165, 1.54) is 11.1 Å². The van der Waals surface area contributed by atoms with Gasteiger partial charge < -0.3 is 68.5 Å². The van der Waals surface area contributed by atoms with E-state index in [0.29, 0.717) is 77.2 Å². The van der Waals surface area contributed by atoms with Crippen LogP contribution >= 0.6 is 0 Å². The lowest BCUT2D eigenvalue weighted by Crippen LogP contribution is -2.07. The van der Waals surface area contributed by atoms with Crippen LogP contribution in [0.1, 0.15) is 27.8 Å². The van der Waals surface area contributed by atoms with Crippen LogP contribution in [0.25, 0.3) is 0 Å². The summed E-state index contributed by atoms with van der Waals surface area (Å²) in [6, 6.07) is 102. The van der Waals surface area contributed by atoms with Crippen LogP contribution < -0.4 is 68.5 Å². The van der Waals surface area contributed by atoms with E-state index in [2.05, 4.69) is 142 Å². The number of aryl methyl sites for hydroxylation is 5. The first-order valence-electron chi connectivity index (χ1n) is 36.7. The number of methoxy groups -OCH3 is 1. The number of anilines is 24. The number of benzene rings is 11. The molecule has 0 saturated heterocycles. The summed E-state index contributed by atoms with van der Waals surface area (Å²) < 4.78 is 5.28. The molecule has 0 aliphatic carbocycles. The summed E-state index contributed by atoms with van der Waals surface area (Å²) in [5, 5.41) is 38.7. The van der Waals surface area contributed by atoms with Crippen molar-refractivity contribution in [2.75, 3.05) is 70.9 Å². The number of pyridine rings is 1. The van der Waals surface area contributed by atoms with Crippen LogP contribution in [0, 0.1) is 34.6 Å². The topological polar surface area (TPSA) is 321 Å². The van der Waals surface area contributed by atoms with Crippen LogP contribution in [0.5, 0.6) is 5.75 Å². The molecule has 570 valence electrons. The molecule has 0 fully saturated rings. The predicted molar refractivity (Wildman–Crippen MR) is 464 cm³/mol. The fraction of sp³-hybridized carbons (Fsp3) is 0.0674. The van der Waals surface area contributed by atoms with Crippen molar-refractivity contribution in [2.24, 2.45) is 0 Å². The maximum Gasteiger partial charge on any atom is 0.235 e. The highest BCUT2D eigenvalue weighted by molar-refractivity contribution is 5.68. The van der Waals surface area contributed by atoms with Gasteiger partial charge in [-0.25, -0.2) is 4.98 Å². The molecule has 5 heterocycles. The zero-order valence-corrected chi connectivity index (χ0v) is 63.8. The van der Waals surface area contributed by atoms with Crippen molar-refractivity contribution in [1.82, 2.24) is 64.8 Å². The first-order chi connectivity index (χ1) is 56.3. The number of rotatable bonds is 25. The number of hydrogen-bond acceptors (Lipinski definition) is 26. The van der Waals surface area contributed by atoms with E-state index in [0.717, 1.165) is 85.0 Å². The van der Waals surface area contributed by atoms with Crippen LogP contribution in [0.15, 0.2) is 322 Å². The lowest BCUT2D eigenvalue weighted by atomic mass is 10.2. The molecule has 0 atom stereocenters. The minimum atomic E-state index is 0.389. The maximum atomic E-state index is 5.28. The van der Waals surface area contributed by atoms with Gasteiger partial charge in [0, 0.05) is 74.8 Å². The van der Waals surface area contributed by atoms with Gasteiger partial charge in [-0.05, 0) is 191 Å². The molecule has 0 spiro atoms. The Bertz CT molecular complexity index is 5530. The molecule has 0 saturated carbocycles. The van der Waals surface area contributed by atoms with Crippen LogP contribution in [0.3, 0.4) is 0 Å². The fourth-order valence-electron chi connectivity index (χ4n) is 10.9. The number of nitrogens with zero attached hydrogens (tertiary/aromatic N) is 13. The highest BCUT2D eigenvalue weighted by atomic mass is 16.5. The third-order valence-corrected chi connectivity index (χ3v) is 16.5. The molecule has 16 rings (SSSR count). The summed E-state index contributed by atoms with van der Waals surface area (Å²) in [4.78, 5) is 58.3. The monoisotopic (exact) mass is 1520 g/mol. The van der Waals surface area contributed by atoms with Gasteiger partial charge >= 0.3 is 0 Å². The molecule has 16 aromatic rings. The SMILES string of the molecule is COc1cccc(Nc2nc(Nc3ccccc3)nc(Nc3ccccc3)n2)c1.Cc1ccc(Nc2nc(Nc3cccc(C)c3)nc(Nc3ccccc3C)n2)cc1.Cc1ccc(Nc2nc(Nc3ccccc3)nc(Nc3cccc(C)c3)n2)cc1.c1ccc(Nc2nc(Nc3ccccc3)nc(Nc3ccccn3)n2)cc1. The first-order valence-corrected chi connectivity index (χ1v) is 36.7. The number of nitrogens with one attached hydrogen (secondary N) is 12. The molecular formula is C89H83N25O. The van der Waals surface area contributed by atoms with Crippen molar-refractivity contribution < 1.29 is 4.74 Å². The normalized spacial score (nSPS) is 10.3. The lowest BCUT2D eigenvalue weighted by Gasteiger charge is -2.13. The van der Waals surface area contributed by atoms with E-state index in [1.807, 2.05) is 336 Å². The van der Waals surface area contributed by atoms with Crippen molar-refractivity contribution in [1.29, 1.82) is 0 Å². The van der Waals surface area contributed by atoms with E-state index < -0.39 is 0 Å². The van der Waals surface area contributed by atoms with Gasteiger partial charge in [0.1, 0.15) is 11.6 Å². The Labute approximate surface area is 666 Å². The van der Waals surface area contributed by atoms with Crippen molar-refractivity contribution in [2.45, 2.75) is 34.6 Å². The molecule has 115 heavy (non-hydrogen) atoms. The number of hydrogen-bond donors (Lipinski definition) is 12. The van der Waals surface area contributed by atoms with Crippen LogP contribution in [-0.2, 0) is 0 Å². The summed E-state index contributed by atoms with van der Waals surface area (Å²) in [6.07, 6.45) is 1.70. The Morgan fingerprint density at radius 3 is 0.765 bits per heavy atom. The quantitative estimate of drug-likeness (QED) is 0.0253. The second-order valence-corrected chi connectivity index (χ2v) is 25.8. The van der Waals surface area contributed by atoms with Gasteiger partial charge in [-0.2, -0.15) is 59.8 Å². The number of para-hydroxylation sites is 6. The molecule has 0 bridgehead atoms. The van der Waals surface area contributed by atoms with Crippen molar-refractivity contribution in [3.63, 3.8) is 0 Å². The average Bonchev–Trinajstić information content (AvgIpc) is 0.847. The van der Waals surface area contributed by atoms with Crippen molar-refractivity contribution in [3.05, 3.63) is 349 Å². The standard InChI is InChI=1S/C24H24N6.C23H22N6.C22H20N6O.C20H17N7/c1-16-11-13-19(14-12-16)25-22-28-23(26-20-9-6-7-17(2)15-20)30-24(29-22)27-21-10-5-4-8-18(21)3;1-16-11-13-19(14-12-16)25-22-27-21(24-18-8-4-3-5-9-18)28-23(29-22)26-20-10-6-7-17(2)15-20;1-29-19-14-8-13-18(15-19)25-22-27-20(23-16-9-4-2-5-10-16)26-21(28-22)24-17-11-6-3-7-12-17;1-3-9-15(10-4-1)22-18-25-19(23-16-11-5-2-6-12-16)27-20(26-18)24-17-13-7-8-14-21-17/h4-15H,1-3H3,(H3,25,26,27,28,29,30);3-15H,1-2H3,(H3,24,25,26,27,28,29);2-15H,1H3,(H3,23,24,25,26,27,28);1-14H,(H3,21,22,23,24,25,26,27). The van der Waals surface area contributed by atoms with E-state index in [4.69, 9.17) is 4.74 Å². The smallest absolute Gasteiger partial charge is 0.235 e. The van der Waals surface area contributed by atoms with E-state index in [-0.39, 0.29) is 0 Å². The Morgan fingerprint density at radius 2 is 0.461 bits per heavy atom. The van der Waals surface area contributed by atoms with Gasteiger partial charge in [-0.3, -0.25) is 0 Å². The molecular weight excluding hydrogens is 1440 g/mol. The second-order valence-electron chi connectivity index (χ2n) is 25.8. The Hall–Kier alpha value is -16.0. The minimum Gasteiger partial charge on any atom is -0.497 e. The van der Waals surface area contributed by atoms with Crippen molar-refractivity contribution in [3.8, 4) is 5.75 Å². The summed E-state index contributed by atoms with van der Waals surface area (Å²) in [5.41, 5.74) is 15.7. The molecule has 26 nitrogen and oxygen atoms in total. The van der Waals surface area contributed by atoms with Crippen LogP contribution in [0.4, 0.5) is 140 Å². The highest BCUT2D eigenvalue weighted by Gasteiger charge is 2.15. The Morgan fingerprint density at radius 1 is 0.200 bits per heavy atom.